The molecule has 1 fully saturated rings. The number of carbonyl (C=O) groups excluding carboxylic acids is 1. The summed E-state index contributed by atoms with van der Waals surface area (Å²) in [5.41, 5.74) is -0.0599. The van der Waals surface area contributed by atoms with Crippen LogP contribution in [0.1, 0.15) is 13.8 Å². The Morgan fingerprint density at radius 1 is 1.70 bits per heavy atom. The fraction of sp³-hybridized carbons (Fsp3) is 0.857. The van der Waals surface area contributed by atoms with E-state index in [-0.39, 0.29) is 5.60 Å². The Morgan fingerprint density at radius 2 is 2.30 bits per heavy atom. The first-order valence-electron chi connectivity index (χ1n) is 3.53. The lowest BCUT2D eigenvalue weighted by Gasteiger charge is -2.45. The van der Waals surface area contributed by atoms with Gasteiger partial charge in [-0.15, -0.1) is 0 Å². The number of amides is 1. The van der Waals surface area contributed by atoms with Crippen molar-refractivity contribution in [3.8, 4) is 0 Å². The summed E-state index contributed by atoms with van der Waals surface area (Å²) in [5, 5.41) is 0. The van der Waals surface area contributed by atoms with E-state index in [0.717, 1.165) is 26.1 Å². The van der Waals surface area contributed by atoms with E-state index in [0.29, 0.717) is 0 Å². The van der Waals surface area contributed by atoms with Crippen LogP contribution in [0.15, 0.2) is 0 Å². The largest absolute Gasteiger partial charge is 0.372 e. The zero-order valence-electron chi connectivity index (χ0n) is 6.46. The van der Waals surface area contributed by atoms with Crippen LogP contribution in [0, 0.1) is 0 Å². The molecule has 1 amide bonds. The minimum atomic E-state index is -0.0599. The molecule has 0 aromatic heterocycles. The third-order valence-electron chi connectivity index (χ3n) is 1.72. The third kappa shape index (κ3) is 1.29. The van der Waals surface area contributed by atoms with Crippen molar-refractivity contribution in [1.82, 2.24) is 4.90 Å². The predicted molar refractivity (Wildman–Crippen MR) is 37.7 cm³/mol. The molecule has 1 aliphatic rings. The highest BCUT2D eigenvalue weighted by molar-refractivity contribution is 5.49. The third-order valence-corrected chi connectivity index (χ3v) is 1.72. The van der Waals surface area contributed by atoms with E-state index in [1.54, 1.807) is 4.90 Å². The quantitative estimate of drug-likeness (QED) is 0.530. The van der Waals surface area contributed by atoms with Crippen LogP contribution in [-0.4, -0.2) is 36.6 Å². The SMILES string of the molecule is CCOC1(C)CN(C=O)C1. The summed E-state index contributed by atoms with van der Waals surface area (Å²) in [6.07, 6.45) is 0.862. The molecule has 1 heterocycles. The molecular formula is C7H13NO2. The van der Waals surface area contributed by atoms with Gasteiger partial charge in [0.25, 0.3) is 0 Å². The summed E-state index contributed by atoms with van der Waals surface area (Å²) in [7, 11) is 0. The van der Waals surface area contributed by atoms with Crippen LogP contribution >= 0.6 is 0 Å². The van der Waals surface area contributed by atoms with Gasteiger partial charge in [0, 0.05) is 6.61 Å². The lowest BCUT2D eigenvalue weighted by atomic mass is 9.97. The number of likely N-dealkylation sites (tertiary alicyclic amines) is 1. The Hall–Kier alpha value is -0.570. The lowest BCUT2D eigenvalue weighted by molar-refractivity contribution is -0.150. The second-order valence-corrected chi connectivity index (χ2v) is 2.89. The molecule has 0 aliphatic carbocycles. The van der Waals surface area contributed by atoms with Gasteiger partial charge in [-0.3, -0.25) is 4.79 Å². The molecule has 1 rings (SSSR count). The van der Waals surface area contributed by atoms with E-state index in [1.165, 1.54) is 0 Å². The maximum Gasteiger partial charge on any atom is 0.209 e. The van der Waals surface area contributed by atoms with Crippen molar-refractivity contribution < 1.29 is 9.53 Å². The maximum absolute atomic E-state index is 10.1. The monoisotopic (exact) mass is 143 g/mol. The Labute approximate surface area is 61.0 Å². The van der Waals surface area contributed by atoms with Crippen LogP contribution in [0.3, 0.4) is 0 Å². The summed E-state index contributed by atoms with van der Waals surface area (Å²) < 4.78 is 5.40. The number of nitrogens with zero attached hydrogens (tertiary/aromatic N) is 1. The molecule has 0 aromatic carbocycles. The van der Waals surface area contributed by atoms with Crippen molar-refractivity contribution in [3.05, 3.63) is 0 Å². The lowest BCUT2D eigenvalue weighted by Crippen LogP contribution is -2.60. The van der Waals surface area contributed by atoms with Crippen LogP contribution in [0.5, 0.6) is 0 Å². The van der Waals surface area contributed by atoms with Gasteiger partial charge in [-0.25, -0.2) is 0 Å². The maximum atomic E-state index is 10.1. The second-order valence-electron chi connectivity index (χ2n) is 2.89. The molecule has 58 valence electrons. The molecule has 0 atom stereocenters. The zero-order valence-corrected chi connectivity index (χ0v) is 6.46. The van der Waals surface area contributed by atoms with Crippen molar-refractivity contribution >= 4 is 6.41 Å². The number of ether oxygens (including phenoxy) is 1. The van der Waals surface area contributed by atoms with Gasteiger partial charge in [-0.05, 0) is 13.8 Å². The summed E-state index contributed by atoms with van der Waals surface area (Å²) in [5.74, 6) is 0. The van der Waals surface area contributed by atoms with Crippen molar-refractivity contribution in [2.45, 2.75) is 19.4 Å². The zero-order chi connectivity index (χ0) is 7.61. The van der Waals surface area contributed by atoms with E-state index in [4.69, 9.17) is 4.74 Å². The van der Waals surface area contributed by atoms with Crippen molar-refractivity contribution in [2.75, 3.05) is 19.7 Å². The summed E-state index contributed by atoms with van der Waals surface area (Å²) in [4.78, 5) is 11.9. The van der Waals surface area contributed by atoms with E-state index >= 15 is 0 Å². The smallest absolute Gasteiger partial charge is 0.209 e. The summed E-state index contributed by atoms with van der Waals surface area (Å²) >= 11 is 0. The molecule has 3 nitrogen and oxygen atoms in total. The number of hydrogen-bond donors (Lipinski definition) is 0. The molecule has 0 unspecified atom stereocenters. The fourth-order valence-electron chi connectivity index (χ4n) is 1.33. The van der Waals surface area contributed by atoms with Crippen LogP contribution < -0.4 is 0 Å². The van der Waals surface area contributed by atoms with Gasteiger partial charge in [0.05, 0.1) is 13.1 Å². The Kier molecular flexibility index (Phi) is 1.94. The minimum absolute atomic E-state index is 0.0599. The second kappa shape index (κ2) is 2.58. The van der Waals surface area contributed by atoms with Gasteiger partial charge in [0.2, 0.25) is 6.41 Å². The Bertz CT molecular complexity index is 130. The molecule has 0 aromatic rings. The average molecular weight is 143 g/mol. The summed E-state index contributed by atoms with van der Waals surface area (Å²) in [6, 6.07) is 0. The van der Waals surface area contributed by atoms with Crippen LogP contribution in [0.25, 0.3) is 0 Å². The molecule has 0 bridgehead atoms. The Morgan fingerprint density at radius 3 is 2.70 bits per heavy atom. The van der Waals surface area contributed by atoms with Crippen LogP contribution in [-0.2, 0) is 9.53 Å². The molecule has 0 N–H and O–H groups in total. The van der Waals surface area contributed by atoms with E-state index in [9.17, 15) is 4.79 Å². The fourth-order valence-corrected chi connectivity index (χ4v) is 1.33. The molecule has 0 radical (unpaired) electrons. The molecule has 0 saturated carbocycles. The van der Waals surface area contributed by atoms with E-state index < -0.39 is 0 Å². The Balaban J connectivity index is 2.27. The van der Waals surface area contributed by atoms with Crippen molar-refractivity contribution in [1.29, 1.82) is 0 Å². The van der Waals surface area contributed by atoms with Gasteiger partial charge in [0.1, 0.15) is 5.60 Å². The molecule has 10 heavy (non-hydrogen) atoms. The number of carbonyl (C=O) groups is 1. The summed E-state index contributed by atoms with van der Waals surface area (Å²) in [6.45, 7) is 6.20. The van der Waals surface area contributed by atoms with E-state index in [1.807, 2.05) is 13.8 Å². The first-order valence-corrected chi connectivity index (χ1v) is 3.53. The highest BCUT2D eigenvalue weighted by atomic mass is 16.5. The van der Waals surface area contributed by atoms with Gasteiger partial charge >= 0.3 is 0 Å². The van der Waals surface area contributed by atoms with Gasteiger partial charge in [-0.2, -0.15) is 0 Å². The average Bonchev–Trinajstić information content (AvgIpc) is 1.83. The first-order chi connectivity index (χ1) is 4.70. The molecular weight excluding hydrogens is 130 g/mol. The molecule has 1 aliphatic heterocycles. The topological polar surface area (TPSA) is 29.5 Å². The van der Waals surface area contributed by atoms with Crippen LogP contribution in [0.4, 0.5) is 0 Å². The van der Waals surface area contributed by atoms with Crippen LogP contribution in [0.2, 0.25) is 0 Å². The predicted octanol–water partition coefficient (Wildman–Crippen LogP) is 0.254. The normalized spacial score (nSPS) is 22.0. The van der Waals surface area contributed by atoms with E-state index in [2.05, 4.69) is 0 Å². The minimum Gasteiger partial charge on any atom is -0.372 e. The van der Waals surface area contributed by atoms with Crippen molar-refractivity contribution in [3.63, 3.8) is 0 Å². The standard InChI is InChI=1S/C7H13NO2/c1-3-10-7(2)4-8(5-7)6-9/h6H,3-5H2,1-2H3. The van der Waals surface area contributed by atoms with Gasteiger partial charge < -0.3 is 9.64 Å². The van der Waals surface area contributed by atoms with Crippen molar-refractivity contribution in [2.24, 2.45) is 0 Å². The molecule has 1 saturated heterocycles. The highest BCUT2D eigenvalue weighted by Crippen LogP contribution is 2.22. The molecule has 0 spiro atoms. The number of hydrogen-bond acceptors (Lipinski definition) is 2. The van der Waals surface area contributed by atoms with Gasteiger partial charge in [-0.1, -0.05) is 0 Å². The highest BCUT2D eigenvalue weighted by Gasteiger charge is 2.38. The molecule has 3 heteroatoms. The number of rotatable bonds is 3. The first kappa shape index (κ1) is 7.54. The van der Waals surface area contributed by atoms with Gasteiger partial charge in [0.15, 0.2) is 0 Å².